The molecule has 1 aliphatic rings. The normalized spacial score (nSPS) is 23.1. The highest BCUT2D eigenvalue weighted by Crippen LogP contribution is 2.36. The molecule has 5 heteroatoms. The SMILES string of the molecule is CC1CCCC1C(=O)Nc1c(N)cc(Br)cc1Br. The van der Waals surface area contributed by atoms with Crippen LogP contribution in [0.2, 0.25) is 0 Å². The first-order valence-corrected chi connectivity index (χ1v) is 7.63. The van der Waals surface area contributed by atoms with E-state index in [2.05, 4.69) is 44.1 Å². The predicted molar refractivity (Wildman–Crippen MR) is 81.4 cm³/mol. The molecule has 18 heavy (non-hydrogen) atoms. The van der Waals surface area contributed by atoms with Crippen molar-refractivity contribution in [2.45, 2.75) is 26.2 Å². The summed E-state index contributed by atoms with van der Waals surface area (Å²) in [5.41, 5.74) is 7.16. The lowest BCUT2D eigenvalue weighted by Gasteiger charge is -2.17. The Morgan fingerprint density at radius 2 is 2.11 bits per heavy atom. The van der Waals surface area contributed by atoms with Crippen LogP contribution in [0.3, 0.4) is 0 Å². The topological polar surface area (TPSA) is 55.1 Å². The van der Waals surface area contributed by atoms with Gasteiger partial charge in [0.1, 0.15) is 0 Å². The molecule has 0 spiro atoms. The lowest BCUT2D eigenvalue weighted by atomic mass is 9.97. The summed E-state index contributed by atoms with van der Waals surface area (Å²) in [5, 5.41) is 2.95. The Bertz CT molecular complexity index is 453. The van der Waals surface area contributed by atoms with Crippen LogP contribution >= 0.6 is 31.9 Å². The number of hydrogen-bond donors (Lipinski definition) is 2. The molecule has 1 aromatic carbocycles. The zero-order chi connectivity index (χ0) is 13.3. The van der Waals surface area contributed by atoms with Gasteiger partial charge in [-0.05, 0) is 46.8 Å². The van der Waals surface area contributed by atoms with Crippen molar-refractivity contribution in [2.75, 3.05) is 11.1 Å². The van der Waals surface area contributed by atoms with Gasteiger partial charge in [-0.25, -0.2) is 0 Å². The largest absolute Gasteiger partial charge is 0.397 e. The molecule has 2 atom stereocenters. The van der Waals surface area contributed by atoms with Gasteiger partial charge in [0.15, 0.2) is 0 Å². The Morgan fingerprint density at radius 1 is 1.39 bits per heavy atom. The lowest BCUT2D eigenvalue weighted by Crippen LogP contribution is -2.25. The quantitative estimate of drug-likeness (QED) is 0.762. The number of nitrogen functional groups attached to an aromatic ring is 1. The second-order valence-corrected chi connectivity index (χ2v) is 6.63. The Labute approximate surface area is 124 Å². The maximum atomic E-state index is 12.2. The van der Waals surface area contributed by atoms with E-state index in [1.165, 1.54) is 0 Å². The van der Waals surface area contributed by atoms with E-state index >= 15 is 0 Å². The fourth-order valence-electron chi connectivity index (χ4n) is 2.48. The number of halogens is 2. The molecule has 0 aliphatic heterocycles. The molecule has 1 aliphatic carbocycles. The van der Waals surface area contributed by atoms with Crippen molar-refractivity contribution in [3.05, 3.63) is 21.1 Å². The summed E-state index contributed by atoms with van der Waals surface area (Å²) in [7, 11) is 0. The smallest absolute Gasteiger partial charge is 0.227 e. The van der Waals surface area contributed by atoms with E-state index < -0.39 is 0 Å². The van der Waals surface area contributed by atoms with Crippen LogP contribution in [0.25, 0.3) is 0 Å². The number of hydrogen-bond acceptors (Lipinski definition) is 2. The van der Waals surface area contributed by atoms with Crippen LogP contribution in [0.1, 0.15) is 26.2 Å². The highest BCUT2D eigenvalue weighted by Gasteiger charge is 2.30. The fourth-order valence-corrected chi connectivity index (χ4v) is 3.83. The molecular weight excluding hydrogens is 360 g/mol. The van der Waals surface area contributed by atoms with Crippen molar-refractivity contribution < 1.29 is 4.79 Å². The highest BCUT2D eigenvalue weighted by atomic mass is 79.9. The molecule has 2 unspecified atom stereocenters. The van der Waals surface area contributed by atoms with Crippen LogP contribution in [0, 0.1) is 11.8 Å². The molecule has 1 amide bonds. The van der Waals surface area contributed by atoms with Gasteiger partial charge in [-0.1, -0.05) is 29.3 Å². The third-order valence-corrected chi connectivity index (χ3v) is 4.62. The van der Waals surface area contributed by atoms with Crippen LogP contribution in [-0.2, 0) is 4.79 Å². The number of nitrogens with one attached hydrogen (secondary N) is 1. The number of benzene rings is 1. The molecule has 1 fully saturated rings. The average molecular weight is 376 g/mol. The van der Waals surface area contributed by atoms with E-state index in [4.69, 9.17) is 5.73 Å². The maximum Gasteiger partial charge on any atom is 0.227 e. The zero-order valence-electron chi connectivity index (χ0n) is 10.2. The Hall–Kier alpha value is -0.550. The molecule has 0 radical (unpaired) electrons. The molecular formula is C13H16Br2N2O. The molecule has 0 bridgehead atoms. The molecule has 0 saturated heterocycles. The number of rotatable bonds is 2. The van der Waals surface area contributed by atoms with E-state index in [1.807, 2.05) is 6.07 Å². The number of carbonyl (C=O) groups excluding carboxylic acids is 1. The molecule has 0 heterocycles. The van der Waals surface area contributed by atoms with E-state index in [-0.39, 0.29) is 11.8 Å². The van der Waals surface area contributed by atoms with Crippen LogP contribution in [0.15, 0.2) is 21.1 Å². The molecule has 1 saturated carbocycles. The predicted octanol–water partition coefficient (Wildman–Crippen LogP) is 4.17. The first kappa shape index (κ1) is 13.9. The summed E-state index contributed by atoms with van der Waals surface area (Å²) < 4.78 is 1.69. The Morgan fingerprint density at radius 3 is 2.67 bits per heavy atom. The van der Waals surface area contributed by atoms with Crippen LogP contribution < -0.4 is 11.1 Å². The van der Waals surface area contributed by atoms with Gasteiger partial charge in [0.2, 0.25) is 5.91 Å². The van der Waals surface area contributed by atoms with Gasteiger partial charge >= 0.3 is 0 Å². The van der Waals surface area contributed by atoms with E-state index in [0.717, 1.165) is 28.2 Å². The van der Waals surface area contributed by atoms with E-state index in [9.17, 15) is 4.79 Å². The van der Waals surface area contributed by atoms with E-state index in [0.29, 0.717) is 17.3 Å². The van der Waals surface area contributed by atoms with Crippen molar-refractivity contribution in [1.82, 2.24) is 0 Å². The van der Waals surface area contributed by atoms with Gasteiger partial charge in [-0.2, -0.15) is 0 Å². The van der Waals surface area contributed by atoms with Crippen LogP contribution in [0.5, 0.6) is 0 Å². The lowest BCUT2D eigenvalue weighted by molar-refractivity contribution is -0.120. The Balaban J connectivity index is 2.17. The fraction of sp³-hybridized carbons (Fsp3) is 0.462. The minimum absolute atomic E-state index is 0.0784. The first-order chi connectivity index (χ1) is 8.49. The van der Waals surface area contributed by atoms with Crippen molar-refractivity contribution in [2.24, 2.45) is 11.8 Å². The van der Waals surface area contributed by atoms with Crippen LogP contribution in [0.4, 0.5) is 11.4 Å². The summed E-state index contributed by atoms with van der Waals surface area (Å²) in [6.45, 7) is 2.14. The molecule has 3 nitrogen and oxygen atoms in total. The summed E-state index contributed by atoms with van der Waals surface area (Å²) in [4.78, 5) is 12.2. The van der Waals surface area contributed by atoms with Gasteiger partial charge in [0.05, 0.1) is 11.4 Å². The molecule has 1 aromatic rings. The average Bonchev–Trinajstić information content (AvgIpc) is 2.69. The summed E-state index contributed by atoms with van der Waals surface area (Å²) in [6, 6.07) is 3.67. The first-order valence-electron chi connectivity index (χ1n) is 6.04. The monoisotopic (exact) mass is 374 g/mol. The molecule has 2 rings (SSSR count). The minimum Gasteiger partial charge on any atom is -0.397 e. The summed E-state index contributed by atoms with van der Waals surface area (Å²) in [5.74, 6) is 0.648. The molecule has 98 valence electrons. The minimum atomic E-state index is 0.0784. The zero-order valence-corrected chi connectivity index (χ0v) is 13.3. The highest BCUT2D eigenvalue weighted by molar-refractivity contribution is 9.11. The standard InChI is InChI=1S/C13H16Br2N2O/c1-7-3-2-4-9(7)13(18)17-12-10(15)5-8(14)6-11(12)16/h5-7,9H,2-4,16H2,1H3,(H,17,18). The van der Waals surface area contributed by atoms with Crippen molar-refractivity contribution in [3.8, 4) is 0 Å². The second kappa shape index (κ2) is 5.61. The Kier molecular flexibility index (Phi) is 4.33. The van der Waals surface area contributed by atoms with Gasteiger partial charge in [0.25, 0.3) is 0 Å². The van der Waals surface area contributed by atoms with Gasteiger partial charge < -0.3 is 11.1 Å². The van der Waals surface area contributed by atoms with Gasteiger partial charge in [-0.3, -0.25) is 4.79 Å². The number of anilines is 2. The number of nitrogens with two attached hydrogens (primary N) is 1. The number of amides is 1. The van der Waals surface area contributed by atoms with Crippen molar-refractivity contribution >= 4 is 49.1 Å². The third-order valence-electron chi connectivity index (χ3n) is 3.53. The van der Waals surface area contributed by atoms with Gasteiger partial charge in [-0.15, -0.1) is 0 Å². The van der Waals surface area contributed by atoms with Crippen LogP contribution in [-0.4, -0.2) is 5.91 Å². The molecule has 3 N–H and O–H groups in total. The molecule has 0 aromatic heterocycles. The van der Waals surface area contributed by atoms with Gasteiger partial charge in [0, 0.05) is 14.9 Å². The van der Waals surface area contributed by atoms with Crippen molar-refractivity contribution in [1.29, 1.82) is 0 Å². The van der Waals surface area contributed by atoms with Crippen molar-refractivity contribution in [3.63, 3.8) is 0 Å². The second-order valence-electron chi connectivity index (χ2n) is 4.86. The third kappa shape index (κ3) is 2.88. The van der Waals surface area contributed by atoms with E-state index in [1.54, 1.807) is 6.07 Å². The number of carbonyl (C=O) groups is 1. The summed E-state index contributed by atoms with van der Waals surface area (Å²) >= 11 is 6.79. The maximum absolute atomic E-state index is 12.2. The summed E-state index contributed by atoms with van der Waals surface area (Å²) in [6.07, 6.45) is 3.24.